The second-order valence-electron chi connectivity index (χ2n) is 10.00. The Morgan fingerprint density at radius 1 is 1.06 bits per heavy atom. The van der Waals surface area contributed by atoms with Gasteiger partial charge in [0.2, 0.25) is 11.9 Å². The van der Waals surface area contributed by atoms with Crippen LogP contribution >= 0.6 is 0 Å². The van der Waals surface area contributed by atoms with Gasteiger partial charge in [-0.3, -0.25) is 0 Å². The minimum absolute atomic E-state index is 0.158. The summed E-state index contributed by atoms with van der Waals surface area (Å²) in [7, 11) is 0. The molecule has 182 valence electrons. The van der Waals surface area contributed by atoms with Gasteiger partial charge in [-0.05, 0) is 62.4 Å². The largest absolute Gasteiger partial charge is 0.350 e. The van der Waals surface area contributed by atoms with Crippen LogP contribution in [0.25, 0.3) is 11.3 Å². The van der Waals surface area contributed by atoms with Gasteiger partial charge in [0.15, 0.2) is 5.65 Å². The fourth-order valence-electron chi connectivity index (χ4n) is 5.66. The number of nitrogens with zero attached hydrogens (tertiary/aromatic N) is 7. The zero-order valence-electron chi connectivity index (χ0n) is 20.5. The Morgan fingerprint density at radius 2 is 1.91 bits per heavy atom. The lowest BCUT2D eigenvalue weighted by Gasteiger charge is -2.42. The average molecular weight is 472 g/mol. The number of nitrogens with one attached hydrogen (secondary N) is 2. The molecular weight excluding hydrogens is 438 g/mol. The van der Waals surface area contributed by atoms with E-state index in [0.717, 1.165) is 66.8 Å². The molecule has 2 aliphatic heterocycles. The van der Waals surface area contributed by atoms with Crippen molar-refractivity contribution in [1.29, 1.82) is 0 Å². The lowest BCUT2D eigenvalue weighted by Crippen LogP contribution is -2.51. The number of rotatable bonds is 6. The molecule has 4 aromatic rings. The number of para-hydroxylation sites is 1. The first-order valence-electron chi connectivity index (χ1n) is 12.7. The van der Waals surface area contributed by atoms with E-state index in [1.54, 1.807) is 6.20 Å². The van der Waals surface area contributed by atoms with Crippen LogP contribution in [0.1, 0.15) is 56.6 Å². The first-order valence-corrected chi connectivity index (χ1v) is 12.7. The van der Waals surface area contributed by atoms with Crippen LogP contribution in [0.15, 0.2) is 48.9 Å². The molecule has 2 fully saturated rings. The summed E-state index contributed by atoms with van der Waals surface area (Å²) in [5, 5.41) is 16.2. The number of fused-ring (bicyclic) bond motifs is 1. The van der Waals surface area contributed by atoms with Crippen LogP contribution in [-0.2, 0) is 6.54 Å². The highest BCUT2D eigenvalue weighted by Crippen LogP contribution is 2.39. The maximum Gasteiger partial charge on any atom is 0.231 e. The molecule has 5 heterocycles. The average Bonchev–Trinajstić information content (AvgIpc) is 3.63. The van der Waals surface area contributed by atoms with E-state index in [4.69, 9.17) is 9.97 Å². The molecule has 1 spiro atoms. The van der Waals surface area contributed by atoms with Gasteiger partial charge in [0.05, 0.1) is 11.9 Å². The summed E-state index contributed by atoms with van der Waals surface area (Å²) >= 11 is 0. The highest BCUT2D eigenvalue weighted by atomic mass is 15.4. The van der Waals surface area contributed by atoms with Crippen LogP contribution in [0, 0.1) is 0 Å². The summed E-state index contributed by atoms with van der Waals surface area (Å²) in [6, 6.07) is 10.2. The van der Waals surface area contributed by atoms with E-state index in [-0.39, 0.29) is 5.54 Å². The molecular formula is C26H33N9. The second-order valence-corrected chi connectivity index (χ2v) is 10.00. The van der Waals surface area contributed by atoms with Crippen molar-refractivity contribution in [2.45, 2.75) is 57.5 Å². The van der Waals surface area contributed by atoms with Gasteiger partial charge in [0.1, 0.15) is 0 Å². The van der Waals surface area contributed by atoms with Crippen LogP contribution in [0.4, 0.5) is 11.9 Å². The quantitative estimate of drug-likeness (QED) is 0.443. The summed E-state index contributed by atoms with van der Waals surface area (Å²) in [5.74, 6) is 1.88. The van der Waals surface area contributed by atoms with Gasteiger partial charge in [-0.2, -0.15) is 24.7 Å². The van der Waals surface area contributed by atoms with Gasteiger partial charge in [-0.15, -0.1) is 0 Å². The zero-order valence-corrected chi connectivity index (χ0v) is 20.5. The Morgan fingerprint density at radius 3 is 2.71 bits per heavy atom. The van der Waals surface area contributed by atoms with Crippen LogP contribution in [-0.4, -0.2) is 54.5 Å². The van der Waals surface area contributed by atoms with E-state index < -0.39 is 0 Å². The van der Waals surface area contributed by atoms with Crippen LogP contribution in [0.2, 0.25) is 0 Å². The van der Waals surface area contributed by atoms with Crippen molar-refractivity contribution >= 4 is 17.5 Å². The monoisotopic (exact) mass is 471 g/mol. The molecule has 35 heavy (non-hydrogen) atoms. The van der Waals surface area contributed by atoms with E-state index in [1.165, 1.54) is 12.8 Å². The van der Waals surface area contributed by atoms with Gasteiger partial charge in [0.25, 0.3) is 0 Å². The lowest BCUT2D eigenvalue weighted by atomic mass is 9.86. The van der Waals surface area contributed by atoms with Crippen molar-refractivity contribution in [3.8, 4) is 5.69 Å². The molecule has 2 saturated heterocycles. The SMILES string of the molecule is CC(C)c1cnn2c(NCc3ccccc3-n3cccn3)nc(N3CCCC34CCNCC4)nc12. The molecule has 9 heteroatoms. The fraction of sp³-hybridized carbons (Fsp3) is 0.462. The maximum absolute atomic E-state index is 5.10. The van der Waals surface area contributed by atoms with Crippen LogP contribution in [0.3, 0.4) is 0 Å². The Kier molecular flexibility index (Phi) is 5.64. The summed E-state index contributed by atoms with van der Waals surface area (Å²) in [6.07, 6.45) is 10.4. The summed E-state index contributed by atoms with van der Waals surface area (Å²) < 4.78 is 3.76. The number of anilines is 2. The highest BCUT2D eigenvalue weighted by molar-refractivity contribution is 5.57. The van der Waals surface area contributed by atoms with Crippen molar-refractivity contribution < 1.29 is 0 Å². The molecule has 1 aromatic carbocycles. The minimum atomic E-state index is 0.158. The Hall–Kier alpha value is -3.46. The first-order chi connectivity index (χ1) is 17.1. The number of piperidine rings is 1. The topological polar surface area (TPSA) is 88.2 Å². The Bertz CT molecular complexity index is 1300. The Balaban J connectivity index is 1.39. The van der Waals surface area contributed by atoms with Gasteiger partial charge in [-0.25, -0.2) is 4.68 Å². The third-order valence-corrected chi connectivity index (χ3v) is 7.56. The van der Waals surface area contributed by atoms with Crippen molar-refractivity contribution in [1.82, 2.24) is 34.7 Å². The Labute approximate surface area is 205 Å². The van der Waals surface area contributed by atoms with E-state index in [0.29, 0.717) is 12.5 Å². The normalized spacial score (nSPS) is 17.6. The van der Waals surface area contributed by atoms with Gasteiger partial charge < -0.3 is 15.5 Å². The predicted octanol–water partition coefficient (Wildman–Crippen LogP) is 3.77. The van der Waals surface area contributed by atoms with Crippen molar-refractivity contribution in [3.05, 3.63) is 60.0 Å². The van der Waals surface area contributed by atoms with E-state index in [2.05, 4.69) is 57.8 Å². The molecule has 0 saturated carbocycles. The lowest BCUT2D eigenvalue weighted by molar-refractivity contribution is 0.308. The van der Waals surface area contributed by atoms with Crippen LogP contribution in [0.5, 0.6) is 0 Å². The van der Waals surface area contributed by atoms with Crippen molar-refractivity contribution in [2.24, 2.45) is 0 Å². The molecule has 2 aliphatic rings. The molecule has 0 amide bonds. The van der Waals surface area contributed by atoms with E-state index >= 15 is 0 Å². The minimum Gasteiger partial charge on any atom is -0.350 e. The second kappa shape index (κ2) is 8.96. The smallest absolute Gasteiger partial charge is 0.231 e. The van der Waals surface area contributed by atoms with Crippen LogP contribution < -0.4 is 15.5 Å². The number of benzene rings is 1. The number of aromatic nitrogens is 6. The zero-order chi connectivity index (χ0) is 23.8. The predicted molar refractivity (Wildman–Crippen MR) is 137 cm³/mol. The van der Waals surface area contributed by atoms with Gasteiger partial charge >= 0.3 is 0 Å². The number of hydrogen-bond acceptors (Lipinski definition) is 7. The molecule has 9 nitrogen and oxygen atoms in total. The maximum atomic E-state index is 5.10. The van der Waals surface area contributed by atoms with Gasteiger partial charge in [-0.1, -0.05) is 32.0 Å². The van der Waals surface area contributed by atoms with E-state index in [1.807, 2.05) is 33.7 Å². The highest BCUT2D eigenvalue weighted by Gasteiger charge is 2.43. The standard InChI is InChI=1S/C26H33N9/c1-19(2)21-18-30-35-23(21)31-25(33-15-5-9-26(33)10-13-27-14-11-26)32-24(35)28-17-20-7-3-4-8-22(20)34-16-6-12-29-34/h3-4,6-8,12,16,18-19,27H,5,9-11,13-15,17H2,1-2H3,(H,28,31,32). The van der Waals surface area contributed by atoms with Crippen molar-refractivity contribution in [2.75, 3.05) is 29.9 Å². The molecule has 0 radical (unpaired) electrons. The van der Waals surface area contributed by atoms with Crippen molar-refractivity contribution in [3.63, 3.8) is 0 Å². The first kappa shape index (κ1) is 22.0. The van der Waals surface area contributed by atoms with E-state index in [9.17, 15) is 0 Å². The molecule has 0 aliphatic carbocycles. The van der Waals surface area contributed by atoms with Gasteiger partial charge in [0, 0.05) is 36.6 Å². The molecule has 2 N–H and O–H groups in total. The fourth-order valence-corrected chi connectivity index (χ4v) is 5.66. The molecule has 0 bridgehead atoms. The third-order valence-electron chi connectivity index (χ3n) is 7.56. The molecule has 0 atom stereocenters. The third kappa shape index (κ3) is 3.93. The molecule has 3 aromatic heterocycles. The number of hydrogen-bond donors (Lipinski definition) is 2. The summed E-state index contributed by atoms with van der Waals surface area (Å²) in [4.78, 5) is 12.7. The molecule has 0 unspecified atom stereocenters. The summed E-state index contributed by atoms with van der Waals surface area (Å²) in [5.41, 5.74) is 4.38. The molecule has 6 rings (SSSR count). The summed E-state index contributed by atoms with van der Waals surface area (Å²) in [6.45, 7) is 8.10.